The number of carbonyl (C=O) groups is 1. The maximum atomic E-state index is 12.7. The van der Waals surface area contributed by atoms with Crippen LogP contribution in [0.5, 0.6) is 0 Å². The lowest BCUT2D eigenvalue weighted by molar-refractivity contribution is -0.143. The molecule has 0 spiro atoms. The molecule has 136 valence electrons. The molecule has 4 nitrogen and oxygen atoms in total. The fourth-order valence-corrected chi connectivity index (χ4v) is 1.89. The molecule has 1 aromatic carbocycles. The second-order valence-corrected chi connectivity index (χ2v) is 5.20. The zero-order chi connectivity index (χ0) is 18.5. The molecule has 1 unspecified atom stereocenters. The summed E-state index contributed by atoms with van der Waals surface area (Å²) in [6, 6.07) is 0.209. The van der Waals surface area contributed by atoms with Crippen molar-refractivity contribution in [3.63, 3.8) is 0 Å². The van der Waals surface area contributed by atoms with E-state index in [-0.39, 0.29) is 12.6 Å². The zero-order valence-electron chi connectivity index (χ0n) is 12.5. The van der Waals surface area contributed by atoms with Crippen LogP contribution in [0.3, 0.4) is 0 Å². The molecule has 0 radical (unpaired) electrons. The summed E-state index contributed by atoms with van der Waals surface area (Å²) in [5.41, 5.74) is 7.11. The van der Waals surface area contributed by atoms with Gasteiger partial charge in [-0.25, -0.2) is 0 Å². The van der Waals surface area contributed by atoms with Crippen LogP contribution in [0.2, 0.25) is 0 Å². The highest BCUT2D eigenvalue weighted by Crippen LogP contribution is 2.36. The van der Waals surface area contributed by atoms with E-state index in [4.69, 9.17) is 11.5 Å². The van der Waals surface area contributed by atoms with Crippen LogP contribution in [0.4, 0.5) is 26.3 Å². The van der Waals surface area contributed by atoms with Crippen LogP contribution in [0.1, 0.15) is 34.3 Å². The minimum Gasteiger partial charge on any atom is -0.350 e. The van der Waals surface area contributed by atoms with Crippen molar-refractivity contribution in [2.75, 3.05) is 13.1 Å². The minimum absolute atomic E-state index is 0.0379. The zero-order valence-corrected chi connectivity index (χ0v) is 12.5. The summed E-state index contributed by atoms with van der Waals surface area (Å²) in [6.45, 7) is 0.292. The summed E-state index contributed by atoms with van der Waals surface area (Å²) < 4.78 is 76.3. The summed E-state index contributed by atoms with van der Waals surface area (Å²) in [6.07, 6.45) is -8.96. The van der Waals surface area contributed by atoms with Crippen molar-refractivity contribution in [2.24, 2.45) is 11.5 Å². The lowest BCUT2D eigenvalue weighted by atomic mass is 10.0. The highest BCUT2D eigenvalue weighted by molar-refractivity contribution is 5.94. The fourth-order valence-electron chi connectivity index (χ4n) is 1.89. The predicted molar refractivity (Wildman–Crippen MR) is 75.0 cm³/mol. The normalized spacial score (nSPS) is 13.7. The Morgan fingerprint density at radius 1 is 1.04 bits per heavy atom. The van der Waals surface area contributed by atoms with E-state index in [1.165, 1.54) is 0 Å². The largest absolute Gasteiger partial charge is 0.416 e. The van der Waals surface area contributed by atoms with E-state index in [1.807, 2.05) is 0 Å². The quantitative estimate of drug-likeness (QED) is 0.685. The van der Waals surface area contributed by atoms with Crippen LogP contribution in [-0.4, -0.2) is 25.0 Å². The molecule has 0 aromatic heterocycles. The summed E-state index contributed by atoms with van der Waals surface area (Å²) in [5, 5.41) is 2.23. The molecule has 1 amide bonds. The first-order valence-corrected chi connectivity index (χ1v) is 6.98. The number of carbonyl (C=O) groups excluding carboxylic acids is 1. The SMILES string of the molecule is NCCCC(N)CNC(=O)c1cc(C(F)(F)F)cc(C(F)(F)F)c1. The summed E-state index contributed by atoms with van der Waals surface area (Å²) in [7, 11) is 0. The second kappa shape index (κ2) is 7.84. The van der Waals surface area contributed by atoms with Crippen molar-refractivity contribution >= 4 is 5.91 Å². The van der Waals surface area contributed by atoms with Gasteiger partial charge in [-0.2, -0.15) is 26.3 Å². The Labute approximate surface area is 134 Å². The molecule has 24 heavy (non-hydrogen) atoms. The fraction of sp³-hybridized carbons (Fsp3) is 0.500. The van der Waals surface area contributed by atoms with Gasteiger partial charge in [-0.15, -0.1) is 0 Å². The minimum atomic E-state index is -5.01. The number of benzene rings is 1. The average molecular weight is 357 g/mol. The summed E-state index contributed by atoms with van der Waals surface area (Å²) in [5.74, 6) is -1.06. The molecule has 1 aromatic rings. The smallest absolute Gasteiger partial charge is 0.350 e. The van der Waals surface area contributed by atoms with Gasteiger partial charge in [0, 0.05) is 18.2 Å². The number of alkyl halides is 6. The van der Waals surface area contributed by atoms with E-state index in [9.17, 15) is 31.1 Å². The highest BCUT2D eigenvalue weighted by atomic mass is 19.4. The third-order valence-electron chi connectivity index (χ3n) is 3.15. The molecule has 0 aliphatic carbocycles. The molecule has 1 atom stereocenters. The van der Waals surface area contributed by atoms with E-state index in [2.05, 4.69) is 5.32 Å². The van der Waals surface area contributed by atoms with Gasteiger partial charge < -0.3 is 16.8 Å². The Morgan fingerprint density at radius 2 is 1.54 bits per heavy atom. The van der Waals surface area contributed by atoms with Gasteiger partial charge in [-0.3, -0.25) is 4.79 Å². The Balaban J connectivity index is 2.99. The molecule has 5 N–H and O–H groups in total. The lowest BCUT2D eigenvalue weighted by Crippen LogP contribution is -2.37. The summed E-state index contributed by atoms with van der Waals surface area (Å²) in [4.78, 5) is 11.9. The lowest BCUT2D eigenvalue weighted by Gasteiger charge is -2.15. The van der Waals surface area contributed by atoms with E-state index >= 15 is 0 Å². The van der Waals surface area contributed by atoms with Crippen LogP contribution in [0.15, 0.2) is 18.2 Å². The molecule has 0 fully saturated rings. The van der Waals surface area contributed by atoms with Crippen LogP contribution in [0, 0.1) is 0 Å². The van der Waals surface area contributed by atoms with E-state index in [1.54, 1.807) is 0 Å². The average Bonchev–Trinajstić information content (AvgIpc) is 2.48. The highest BCUT2D eigenvalue weighted by Gasteiger charge is 2.37. The third kappa shape index (κ3) is 6.00. The first kappa shape index (κ1) is 20.2. The van der Waals surface area contributed by atoms with Crippen molar-refractivity contribution in [2.45, 2.75) is 31.2 Å². The number of hydrogen-bond acceptors (Lipinski definition) is 3. The van der Waals surface area contributed by atoms with Gasteiger partial charge in [0.25, 0.3) is 5.91 Å². The van der Waals surface area contributed by atoms with Gasteiger partial charge in [0.15, 0.2) is 0 Å². The molecule has 0 heterocycles. The topological polar surface area (TPSA) is 81.1 Å². The molecule has 0 bridgehead atoms. The van der Waals surface area contributed by atoms with Crippen LogP contribution in [-0.2, 0) is 12.4 Å². The van der Waals surface area contributed by atoms with Gasteiger partial charge in [0.1, 0.15) is 0 Å². The van der Waals surface area contributed by atoms with Crippen LogP contribution in [0.25, 0.3) is 0 Å². The first-order valence-electron chi connectivity index (χ1n) is 6.98. The Morgan fingerprint density at radius 3 is 1.96 bits per heavy atom. The Hall–Kier alpha value is -1.81. The molecule has 0 aliphatic heterocycles. The molecule has 0 aliphatic rings. The van der Waals surface area contributed by atoms with Crippen LogP contribution >= 0.6 is 0 Å². The Kier molecular flexibility index (Phi) is 6.61. The molecule has 0 saturated carbocycles. The molecular formula is C14H17F6N3O. The van der Waals surface area contributed by atoms with Crippen molar-refractivity contribution in [3.05, 3.63) is 34.9 Å². The number of rotatable bonds is 6. The maximum Gasteiger partial charge on any atom is 0.416 e. The van der Waals surface area contributed by atoms with Crippen molar-refractivity contribution in [3.8, 4) is 0 Å². The standard InChI is InChI=1S/C14H17F6N3O/c15-13(16,17)9-4-8(5-10(6-9)14(18,19)20)12(24)23-7-11(22)2-1-3-21/h4-6,11H,1-3,7,21-22H2,(H,23,24). The molecule has 10 heteroatoms. The van der Waals surface area contributed by atoms with Crippen LogP contribution < -0.4 is 16.8 Å². The number of nitrogens with one attached hydrogen (secondary N) is 1. The van der Waals surface area contributed by atoms with E-state index in [0.717, 1.165) is 0 Å². The predicted octanol–water partition coefficient (Wildman–Crippen LogP) is 2.52. The summed E-state index contributed by atoms with van der Waals surface area (Å²) >= 11 is 0. The van der Waals surface area contributed by atoms with Gasteiger partial charge in [-0.1, -0.05) is 0 Å². The van der Waals surface area contributed by atoms with Crippen molar-refractivity contribution in [1.82, 2.24) is 5.32 Å². The second-order valence-electron chi connectivity index (χ2n) is 5.20. The van der Waals surface area contributed by atoms with Gasteiger partial charge in [0.2, 0.25) is 0 Å². The number of amides is 1. The van der Waals surface area contributed by atoms with E-state index < -0.39 is 41.0 Å². The van der Waals surface area contributed by atoms with E-state index in [0.29, 0.717) is 31.5 Å². The number of nitrogens with two attached hydrogens (primary N) is 2. The molecule has 0 saturated heterocycles. The third-order valence-corrected chi connectivity index (χ3v) is 3.15. The monoisotopic (exact) mass is 357 g/mol. The van der Waals surface area contributed by atoms with Gasteiger partial charge in [0.05, 0.1) is 11.1 Å². The number of hydrogen-bond donors (Lipinski definition) is 3. The molecule has 1 rings (SSSR count). The Bertz CT molecular complexity index is 538. The van der Waals surface area contributed by atoms with Crippen molar-refractivity contribution in [1.29, 1.82) is 0 Å². The first-order chi connectivity index (χ1) is 10.9. The molecular weight excluding hydrogens is 340 g/mol. The van der Waals surface area contributed by atoms with Gasteiger partial charge >= 0.3 is 12.4 Å². The number of halogens is 6. The van der Waals surface area contributed by atoms with Crippen molar-refractivity contribution < 1.29 is 31.1 Å². The maximum absolute atomic E-state index is 12.7. The van der Waals surface area contributed by atoms with Gasteiger partial charge in [-0.05, 0) is 37.6 Å².